The zero-order valence-corrected chi connectivity index (χ0v) is 28.9. The number of hydrogen-bond acceptors (Lipinski definition) is 3. The van der Waals surface area contributed by atoms with Crippen LogP contribution in [0.4, 0.5) is 5.69 Å². The summed E-state index contributed by atoms with van der Waals surface area (Å²) in [6, 6.07) is 8.05. The number of amides is 1. The fourth-order valence-corrected chi connectivity index (χ4v) is 12.8. The molecule has 0 aliphatic heterocycles. The molecule has 4 saturated carbocycles. The smallest absolute Gasteiger partial charge is 0.309 e. The van der Waals surface area contributed by atoms with E-state index in [1.54, 1.807) is 0 Å². The zero-order chi connectivity index (χ0) is 33.4. The molecule has 5 aliphatic carbocycles. The molecule has 3 N–H and O–H groups in total. The standard InChI is InChI=1S/C40H55NO5/c1-24(2)27-16-21-40(35(45)46)23-22-38(6)29(34(27)40)12-13-31-37(5)19-17-28(36(3,4)30(37)18-20-39(31,38)7)25-8-10-26(11-9-25)41-32(42)14-15-33(43)44/h8-11,17,27,29-31,34H,1,12-16,18-23H2,2-7H3,(H,41,42)(H,43,44)(H,45,46)/t27-,29+,30-,31+,34?,37-,38+,39+,40-/m0/s1. The number of allylic oxidation sites excluding steroid dienone is 3. The van der Waals surface area contributed by atoms with E-state index >= 15 is 0 Å². The van der Waals surface area contributed by atoms with Crippen molar-refractivity contribution in [2.75, 3.05) is 5.32 Å². The number of fused-ring (bicyclic) bond motifs is 7. The molecule has 1 aromatic rings. The summed E-state index contributed by atoms with van der Waals surface area (Å²) in [7, 11) is 0. The van der Waals surface area contributed by atoms with Gasteiger partial charge in [0.25, 0.3) is 0 Å². The third kappa shape index (κ3) is 4.66. The van der Waals surface area contributed by atoms with E-state index in [9.17, 15) is 19.5 Å². The molecular formula is C40H55NO5. The summed E-state index contributed by atoms with van der Waals surface area (Å²) in [5.74, 6) is 0.234. The molecule has 0 bridgehead atoms. The summed E-state index contributed by atoms with van der Waals surface area (Å²) < 4.78 is 0. The minimum Gasteiger partial charge on any atom is -0.481 e. The Morgan fingerprint density at radius 2 is 1.54 bits per heavy atom. The quantitative estimate of drug-likeness (QED) is 0.261. The normalized spacial score (nSPS) is 40.7. The zero-order valence-electron chi connectivity index (χ0n) is 28.9. The van der Waals surface area contributed by atoms with Crippen molar-refractivity contribution in [2.24, 2.45) is 56.7 Å². The lowest BCUT2D eigenvalue weighted by Gasteiger charge is -2.72. The summed E-state index contributed by atoms with van der Waals surface area (Å²) in [6.07, 6.45) is 11.6. The van der Waals surface area contributed by atoms with E-state index in [0.717, 1.165) is 38.5 Å². The highest BCUT2D eigenvalue weighted by molar-refractivity contribution is 5.92. The van der Waals surface area contributed by atoms with Crippen molar-refractivity contribution >= 4 is 29.1 Å². The Morgan fingerprint density at radius 1 is 0.848 bits per heavy atom. The first kappa shape index (κ1) is 33.0. The number of anilines is 1. The molecule has 1 aromatic carbocycles. The predicted octanol–water partition coefficient (Wildman–Crippen LogP) is 9.23. The van der Waals surface area contributed by atoms with E-state index in [4.69, 9.17) is 5.11 Å². The molecule has 46 heavy (non-hydrogen) atoms. The van der Waals surface area contributed by atoms with Gasteiger partial charge in [-0.15, -0.1) is 0 Å². The van der Waals surface area contributed by atoms with Gasteiger partial charge in [0.15, 0.2) is 0 Å². The molecule has 0 heterocycles. The van der Waals surface area contributed by atoms with Gasteiger partial charge in [-0.25, -0.2) is 0 Å². The minimum absolute atomic E-state index is 0.0279. The molecule has 5 aliphatic rings. The van der Waals surface area contributed by atoms with Crippen LogP contribution in [0.2, 0.25) is 0 Å². The number of carboxylic acids is 2. The molecule has 1 unspecified atom stereocenters. The van der Waals surface area contributed by atoms with E-state index in [1.807, 2.05) is 12.1 Å². The van der Waals surface area contributed by atoms with Crippen LogP contribution in [0, 0.1) is 56.7 Å². The van der Waals surface area contributed by atoms with Crippen LogP contribution >= 0.6 is 0 Å². The van der Waals surface area contributed by atoms with E-state index in [1.165, 1.54) is 36.0 Å². The number of rotatable bonds is 7. The van der Waals surface area contributed by atoms with Gasteiger partial charge in [0.2, 0.25) is 5.91 Å². The Labute approximate surface area is 275 Å². The fourth-order valence-electron chi connectivity index (χ4n) is 12.8. The highest BCUT2D eigenvalue weighted by atomic mass is 16.4. The van der Waals surface area contributed by atoms with Crippen molar-refractivity contribution in [1.82, 2.24) is 0 Å². The molecule has 0 aromatic heterocycles. The average Bonchev–Trinajstić information content (AvgIpc) is 3.38. The van der Waals surface area contributed by atoms with Crippen molar-refractivity contribution in [3.63, 3.8) is 0 Å². The molecule has 9 atom stereocenters. The topological polar surface area (TPSA) is 104 Å². The highest BCUT2D eigenvalue weighted by Crippen LogP contribution is 2.77. The monoisotopic (exact) mass is 629 g/mol. The summed E-state index contributed by atoms with van der Waals surface area (Å²) >= 11 is 0. The number of carboxylic acid groups (broad SMARTS) is 2. The van der Waals surface area contributed by atoms with Gasteiger partial charge in [-0.2, -0.15) is 0 Å². The third-order valence-electron chi connectivity index (χ3n) is 15.1. The third-order valence-corrected chi connectivity index (χ3v) is 15.1. The van der Waals surface area contributed by atoms with Gasteiger partial charge in [-0.1, -0.05) is 65.0 Å². The molecule has 4 fully saturated rings. The van der Waals surface area contributed by atoms with Gasteiger partial charge in [-0.3, -0.25) is 14.4 Å². The first-order valence-corrected chi connectivity index (χ1v) is 17.7. The number of benzene rings is 1. The van der Waals surface area contributed by atoms with Gasteiger partial charge < -0.3 is 15.5 Å². The summed E-state index contributed by atoms with van der Waals surface area (Å²) in [6.45, 7) is 19.1. The SMILES string of the molecule is C=C(C)[C@@H]1CC[C@]2(C(=O)O)CC[C@]3(C)[C@H](CC[C@@H]4[C@@]5(C)CC=C(c6ccc(NC(=O)CCC(=O)O)cc6)C(C)(C)[C@@H]5CC[C@]43C)C12. The maximum atomic E-state index is 13.0. The van der Waals surface area contributed by atoms with Gasteiger partial charge >= 0.3 is 11.9 Å². The van der Waals surface area contributed by atoms with Gasteiger partial charge in [0, 0.05) is 12.1 Å². The van der Waals surface area contributed by atoms with Crippen LogP contribution in [0.15, 0.2) is 42.5 Å². The van der Waals surface area contributed by atoms with Crippen molar-refractivity contribution < 1.29 is 24.6 Å². The predicted molar refractivity (Wildman–Crippen MR) is 182 cm³/mol. The Bertz CT molecular complexity index is 1470. The van der Waals surface area contributed by atoms with Crippen molar-refractivity contribution in [3.8, 4) is 0 Å². The first-order valence-electron chi connectivity index (χ1n) is 17.7. The maximum absolute atomic E-state index is 13.0. The number of hydrogen-bond donors (Lipinski definition) is 3. The van der Waals surface area contributed by atoms with E-state index in [2.05, 4.69) is 71.6 Å². The molecule has 0 saturated heterocycles. The summed E-state index contributed by atoms with van der Waals surface area (Å²) in [5, 5.41) is 22.4. The van der Waals surface area contributed by atoms with Crippen molar-refractivity contribution in [3.05, 3.63) is 48.1 Å². The van der Waals surface area contributed by atoms with Gasteiger partial charge in [0.1, 0.15) is 0 Å². The van der Waals surface area contributed by atoms with Crippen molar-refractivity contribution in [1.29, 1.82) is 0 Å². The van der Waals surface area contributed by atoms with E-state index in [-0.39, 0.29) is 46.3 Å². The first-order chi connectivity index (χ1) is 21.5. The van der Waals surface area contributed by atoms with Gasteiger partial charge in [-0.05, 0) is 139 Å². The molecule has 6 heteroatoms. The Morgan fingerprint density at radius 3 is 2.17 bits per heavy atom. The molecule has 6 nitrogen and oxygen atoms in total. The molecule has 6 rings (SSSR count). The van der Waals surface area contributed by atoms with Crippen LogP contribution < -0.4 is 5.32 Å². The van der Waals surface area contributed by atoms with Crippen LogP contribution in [-0.4, -0.2) is 28.1 Å². The lowest BCUT2D eigenvalue weighted by atomic mass is 9.32. The van der Waals surface area contributed by atoms with Crippen LogP contribution in [0.3, 0.4) is 0 Å². The average molecular weight is 630 g/mol. The molecular weight excluding hydrogens is 574 g/mol. The lowest BCUT2D eigenvalue weighted by Crippen LogP contribution is -2.65. The lowest BCUT2D eigenvalue weighted by molar-refractivity contribution is -0.227. The Kier molecular flexibility index (Phi) is 7.96. The second-order valence-corrected chi connectivity index (χ2v) is 17.2. The highest BCUT2D eigenvalue weighted by Gasteiger charge is 2.71. The summed E-state index contributed by atoms with van der Waals surface area (Å²) in [4.78, 5) is 36.0. The molecule has 1 amide bonds. The molecule has 0 radical (unpaired) electrons. The Balaban J connectivity index is 1.28. The number of nitrogens with one attached hydrogen (secondary N) is 1. The van der Waals surface area contributed by atoms with Crippen LogP contribution in [0.5, 0.6) is 0 Å². The largest absolute Gasteiger partial charge is 0.481 e. The minimum atomic E-state index is -0.974. The second kappa shape index (κ2) is 11.1. The number of carbonyl (C=O) groups excluding carboxylic acids is 1. The van der Waals surface area contributed by atoms with Crippen molar-refractivity contribution in [2.45, 2.75) is 112 Å². The molecule has 250 valence electrons. The molecule has 0 spiro atoms. The number of aliphatic carboxylic acids is 2. The van der Waals surface area contributed by atoms with E-state index < -0.39 is 17.4 Å². The van der Waals surface area contributed by atoms with E-state index in [0.29, 0.717) is 29.4 Å². The second-order valence-electron chi connectivity index (χ2n) is 17.2. The van der Waals surface area contributed by atoms with Crippen LogP contribution in [0.1, 0.15) is 118 Å². The number of carbonyl (C=O) groups is 3. The maximum Gasteiger partial charge on any atom is 0.309 e. The van der Waals surface area contributed by atoms with Crippen LogP contribution in [-0.2, 0) is 14.4 Å². The van der Waals surface area contributed by atoms with Crippen LogP contribution in [0.25, 0.3) is 5.57 Å². The Hall–Kier alpha value is -2.89. The van der Waals surface area contributed by atoms with Gasteiger partial charge in [0.05, 0.1) is 11.8 Å². The summed E-state index contributed by atoms with van der Waals surface area (Å²) in [5.41, 5.74) is 4.26. The fraction of sp³-hybridized carbons (Fsp3) is 0.675.